The molecule has 0 radical (unpaired) electrons. The van der Waals surface area contributed by atoms with E-state index in [1.54, 1.807) is 0 Å². The Kier molecular flexibility index (Phi) is 3.31. The number of rotatable bonds is 6. The molecule has 0 unspecified atom stereocenters. The van der Waals surface area contributed by atoms with E-state index in [4.69, 9.17) is 0 Å². The van der Waals surface area contributed by atoms with Gasteiger partial charge in [0.2, 0.25) is 5.95 Å². The summed E-state index contributed by atoms with van der Waals surface area (Å²) in [4.78, 5) is 6.95. The standard InChI is InChI=1S/C13H22N4/c1-2-9-16(8-1)10-3-6-14-13-15-7-11-17(13)12-4-5-12/h7,11-12H,1-6,8-10H2,(H,14,15). The van der Waals surface area contributed by atoms with Crippen molar-refractivity contribution in [2.24, 2.45) is 0 Å². The molecule has 2 heterocycles. The summed E-state index contributed by atoms with van der Waals surface area (Å²) in [6.45, 7) is 4.88. The summed E-state index contributed by atoms with van der Waals surface area (Å²) in [6.07, 6.45) is 10.6. The monoisotopic (exact) mass is 234 g/mol. The first kappa shape index (κ1) is 11.1. The van der Waals surface area contributed by atoms with Crippen LogP contribution in [0.25, 0.3) is 0 Å². The third kappa shape index (κ3) is 2.80. The number of hydrogen-bond donors (Lipinski definition) is 1. The highest BCUT2D eigenvalue weighted by Gasteiger charge is 2.25. The van der Waals surface area contributed by atoms with Crippen molar-refractivity contribution in [3.05, 3.63) is 12.4 Å². The van der Waals surface area contributed by atoms with E-state index in [9.17, 15) is 0 Å². The lowest BCUT2D eigenvalue weighted by molar-refractivity contribution is 0.337. The van der Waals surface area contributed by atoms with E-state index in [1.165, 1.54) is 51.7 Å². The SMILES string of the molecule is c1cn(C2CC2)c(NCCCN2CCCC2)n1. The van der Waals surface area contributed by atoms with Crippen molar-refractivity contribution in [2.75, 3.05) is 31.5 Å². The van der Waals surface area contributed by atoms with E-state index in [0.717, 1.165) is 18.5 Å². The van der Waals surface area contributed by atoms with Gasteiger partial charge in [0.15, 0.2) is 0 Å². The Morgan fingerprint density at radius 2 is 2.12 bits per heavy atom. The first-order valence-corrected chi connectivity index (χ1v) is 6.92. The van der Waals surface area contributed by atoms with Gasteiger partial charge in [0.05, 0.1) is 0 Å². The van der Waals surface area contributed by atoms with E-state index in [0.29, 0.717) is 0 Å². The van der Waals surface area contributed by atoms with Crippen LogP contribution in [-0.4, -0.2) is 40.6 Å². The van der Waals surface area contributed by atoms with Crippen LogP contribution in [0, 0.1) is 0 Å². The predicted molar refractivity (Wildman–Crippen MR) is 69.3 cm³/mol. The number of likely N-dealkylation sites (tertiary alicyclic amines) is 1. The predicted octanol–water partition coefficient (Wildman–Crippen LogP) is 2.12. The largest absolute Gasteiger partial charge is 0.356 e. The molecule has 4 nitrogen and oxygen atoms in total. The van der Waals surface area contributed by atoms with Crippen molar-refractivity contribution in [2.45, 2.75) is 38.1 Å². The molecule has 0 spiro atoms. The van der Waals surface area contributed by atoms with Gasteiger partial charge in [0, 0.05) is 25.0 Å². The fraction of sp³-hybridized carbons (Fsp3) is 0.769. The van der Waals surface area contributed by atoms with Crippen LogP contribution in [0.4, 0.5) is 5.95 Å². The van der Waals surface area contributed by atoms with Gasteiger partial charge in [-0.3, -0.25) is 0 Å². The number of nitrogens with zero attached hydrogens (tertiary/aromatic N) is 3. The van der Waals surface area contributed by atoms with E-state index >= 15 is 0 Å². The zero-order valence-corrected chi connectivity index (χ0v) is 10.4. The highest BCUT2D eigenvalue weighted by Crippen LogP contribution is 2.36. The minimum absolute atomic E-state index is 0.721. The topological polar surface area (TPSA) is 33.1 Å². The quantitative estimate of drug-likeness (QED) is 0.765. The van der Waals surface area contributed by atoms with Crippen molar-refractivity contribution in [3.8, 4) is 0 Å². The summed E-state index contributed by atoms with van der Waals surface area (Å²) >= 11 is 0. The third-order valence-electron chi connectivity index (χ3n) is 3.74. The summed E-state index contributed by atoms with van der Waals surface area (Å²) in [5.41, 5.74) is 0. The maximum absolute atomic E-state index is 4.39. The lowest BCUT2D eigenvalue weighted by atomic mass is 10.4. The molecule has 94 valence electrons. The Morgan fingerprint density at radius 3 is 2.88 bits per heavy atom. The molecule has 1 aliphatic carbocycles. The molecule has 0 amide bonds. The lowest BCUT2D eigenvalue weighted by Gasteiger charge is -2.14. The van der Waals surface area contributed by atoms with Gasteiger partial charge in [-0.05, 0) is 51.7 Å². The van der Waals surface area contributed by atoms with Crippen molar-refractivity contribution < 1.29 is 0 Å². The van der Waals surface area contributed by atoms with Crippen molar-refractivity contribution in [1.82, 2.24) is 14.5 Å². The molecule has 2 aliphatic rings. The highest BCUT2D eigenvalue weighted by molar-refractivity contribution is 5.27. The minimum atomic E-state index is 0.721. The van der Waals surface area contributed by atoms with Gasteiger partial charge in [-0.2, -0.15) is 0 Å². The first-order valence-electron chi connectivity index (χ1n) is 6.92. The molecule has 0 bridgehead atoms. The van der Waals surface area contributed by atoms with Gasteiger partial charge >= 0.3 is 0 Å². The number of hydrogen-bond acceptors (Lipinski definition) is 3. The van der Waals surface area contributed by atoms with E-state index in [2.05, 4.69) is 26.0 Å². The molecule has 1 N–H and O–H groups in total. The van der Waals surface area contributed by atoms with Crippen molar-refractivity contribution >= 4 is 5.95 Å². The maximum atomic E-state index is 4.39. The Hall–Kier alpha value is -1.03. The molecule has 1 saturated carbocycles. The second kappa shape index (κ2) is 5.08. The molecule has 3 rings (SSSR count). The number of anilines is 1. The minimum Gasteiger partial charge on any atom is -0.356 e. The molecule has 1 saturated heterocycles. The molecule has 17 heavy (non-hydrogen) atoms. The molecule has 2 fully saturated rings. The van der Waals surface area contributed by atoms with Crippen LogP contribution >= 0.6 is 0 Å². The Morgan fingerprint density at radius 1 is 1.29 bits per heavy atom. The smallest absolute Gasteiger partial charge is 0.203 e. The zero-order valence-electron chi connectivity index (χ0n) is 10.4. The molecule has 0 aromatic carbocycles. The van der Waals surface area contributed by atoms with Crippen LogP contribution in [-0.2, 0) is 0 Å². The van der Waals surface area contributed by atoms with Crippen LogP contribution in [0.3, 0.4) is 0 Å². The Bertz CT molecular complexity index is 350. The number of nitrogens with one attached hydrogen (secondary N) is 1. The Balaban J connectivity index is 1.39. The fourth-order valence-corrected chi connectivity index (χ4v) is 2.61. The second-order valence-corrected chi connectivity index (χ2v) is 5.22. The van der Waals surface area contributed by atoms with Gasteiger partial charge in [0.25, 0.3) is 0 Å². The van der Waals surface area contributed by atoms with Gasteiger partial charge < -0.3 is 14.8 Å². The Labute approximate surface area is 103 Å². The highest BCUT2D eigenvalue weighted by atomic mass is 15.2. The lowest BCUT2D eigenvalue weighted by Crippen LogP contribution is -2.22. The van der Waals surface area contributed by atoms with Crippen LogP contribution in [0.15, 0.2) is 12.4 Å². The van der Waals surface area contributed by atoms with Crippen molar-refractivity contribution in [3.63, 3.8) is 0 Å². The second-order valence-electron chi connectivity index (χ2n) is 5.22. The van der Waals surface area contributed by atoms with E-state index in [1.807, 2.05) is 6.20 Å². The van der Waals surface area contributed by atoms with Gasteiger partial charge in [-0.25, -0.2) is 4.98 Å². The van der Waals surface area contributed by atoms with Gasteiger partial charge in [-0.1, -0.05) is 0 Å². The van der Waals surface area contributed by atoms with Gasteiger partial charge in [-0.15, -0.1) is 0 Å². The average Bonchev–Trinajstić information content (AvgIpc) is 2.89. The van der Waals surface area contributed by atoms with Crippen LogP contribution < -0.4 is 5.32 Å². The van der Waals surface area contributed by atoms with Crippen LogP contribution in [0.1, 0.15) is 38.1 Å². The summed E-state index contributed by atoms with van der Waals surface area (Å²) in [7, 11) is 0. The summed E-state index contributed by atoms with van der Waals surface area (Å²) in [5, 5.41) is 3.46. The normalized spacial score (nSPS) is 20.9. The molecule has 4 heteroatoms. The fourth-order valence-electron chi connectivity index (χ4n) is 2.61. The molecule has 0 atom stereocenters. The maximum Gasteiger partial charge on any atom is 0.203 e. The third-order valence-corrected chi connectivity index (χ3v) is 3.74. The first-order chi connectivity index (χ1) is 8.43. The molecular weight excluding hydrogens is 212 g/mol. The molecular formula is C13H22N4. The van der Waals surface area contributed by atoms with Gasteiger partial charge in [0.1, 0.15) is 0 Å². The van der Waals surface area contributed by atoms with E-state index < -0.39 is 0 Å². The summed E-state index contributed by atoms with van der Waals surface area (Å²) in [6, 6.07) is 0.721. The zero-order chi connectivity index (χ0) is 11.5. The summed E-state index contributed by atoms with van der Waals surface area (Å²) < 4.78 is 2.29. The van der Waals surface area contributed by atoms with Crippen LogP contribution in [0.2, 0.25) is 0 Å². The van der Waals surface area contributed by atoms with E-state index in [-0.39, 0.29) is 0 Å². The summed E-state index contributed by atoms with van der Waals surface area (Å²) in [5.74, 6) is 1.06. The van der Waals surface area contributed by atoms with Crippen LogP contribution in [0.5, 0.6) is 0 Å². The molecule has 1 aromatic heterocycles. The number of imidazole rings is 1. The average molecular weight is 234 g/mol. The molecule has 1 aromatic rings. The number of aromatic nitrogens is 2. The molecule has 1 aliphatic heterocycles. The van der Waals surface area contributed by atoms with Crippen molar-refractivity contribution in [1.29, 1.82) is 0 Å².